The van der Waals surface area contributed by atoms with E-state index in [1.165, 1.54) is 13.2 Å². The van der Waals surface area contributed by atoms with Crippen LogP contribution in [-0.2, 0) is 0 Å². The zero-order valence-corrected chi connectivity index (χ0v) is 14.5. The molecule has 0 atom stereocenters. The van der Waals surface area contributed by atoms with Gasteiger partial charge in [0.15, 0.2) is 23.0 Å². The third-order valence-electron chi connectivity index (χ3n) is 3.64. The van der Waals surface area contributed by atoms with Gasteiger partial charge in [0, 0.05) is 12.3 Å². The fourth-order valence-electron chi connectivity index (χ4n) is 2.34. The molecule has 2 heterocycles. The zero-order valence-electron chi connectivity index (χ0n) is 14.5. The monoisotopic (exact) mass is 355 g/mol. The molecule has 2 aromatic heterocycles. The van der Waals surface area contributed by atoms with E-state index in [1.54, 1.807) is 50.7 Å². The second kappa shape index (κ2) is 7.56. The Morgan fingerprint density at radius 2 is 1.85 bits per heavy atom. The summed E-state index contributed by atoms with van der Waals surface area (Å²) in [7, 11) is 4.60. The number of anilines is 1. The SMILES string of the molecule is COc1ccc(OC)c(-c2cc(C(=O)Nc3ncccc3OC)no2)c1. The van der Waals surface area contributed by atoms with Gasteiger partial charge in [0.05, 0.1) is 26.9 Å². The second-order valence-corrected chi connectivity index (χ2v) is 5.15. The number of aromatic nitrogens is 2. The molecule has 0 bridgehead atoms. The normalized spacial score (nSPS) is 10.3. The molecule has 26 heavy (non-hydrogen) atoms. The minimum absolute atomic E-state index is 0.0950. The Morgan fingerprint density at radius 1 is 1.04 bits per heavy atom. The van der Waals surface area contributed by atoms with E-state index in [2.05, 4.69) is 15.5 Å². The van der Waals surface area contributed by atoms with E-state index >= 15 is 0 Å². The van der Waals surface area contributed by atoms with E-state index in [0.29, 0.717) is 34.4 Å². The van der Waals surface area contributed by atoms with E-state index in [-0.39, 0.29) is 5.69 Å². The largest absolute Gasteiger partial charge is 0.497 e. The van der Waals surface area contributed by atoms with Crippen molar-refractivity contribution in [2.24, 2.45) is 0 Å². The number of hydrogen-bond donors (Lipinski definition) is 1. The molecule has 0 aliphatic heterocycles. The Balaban J connectivity index is 1.87. The zero-order chi connectivity index (χ0) is 18.5. The molecule has 0 aliphatic rings. The van der Waals surface area contributed by atoms with Gasteiger partial charge in [-0.3, -0.25) is 4.79 Å². The van der Waals surface area contributed by atoms with Gasteiger partial charge < -0.3 is 24.1 Å². The molecule has 8 nitrogen and oxygen atoms in total. The first kappa shape index (κ1) is 17.3. The Labute approximate surface area is 149 Å². The Bertz CT molecular complexity index is 923. The molecule has 8 heteroatoms. The Hall–Kier alpha value is -3.55. The summed E-state index contributed by atoms with van der Waals surface area (Å²) in [6.07, 6.45) is 1.55. The number of nitrogens with zero attached hydrogens (tertiary/aromatic N) is 2. The van der Waals surface area contributed by atoms with Crippen LogP contribution in [0.2, 0.25) is 0 Å². The number of pyridine rings is 1. The molecule has 134 valence electrons. The molecular formula is C18H17N3O5. The molecule has 1 amide bonds. The molecule has 3 rings (SSSR count). The fraction of sp³-hybridized carbons (Fsp3) is 0.167. The van der Waals surface area contributed by atoms with E-state index in [0.717, 1.165) is 0 Å². The van der Waals surface area contributed by atoms with Crippen LogP contribution in [0, 0.1) is 0 Å². The van der Waals surface area contributed by atoms with Crippen molar-refractivity contribution in [2.45, 2.75) is 0 Å². The summed E-state index contributed by atoms with van der Waals surface area (Å²) in [5, 5.41) is 6.46. The number of nitrogens with one attached hydrogen (secondary N) is 1. The minimum atomic E-state index is -0.473. The molecular weight excluding hydrogens is 338 g/mol. The lowest BCUT2D eigenvalue weighted by Gasteiger charge is -2.07. The second-order valence-electron chi connectivity index (χ2n) is 5.15. The third-order valence-corrected chi connectivity index (χ3v) is 3.64. The van der Waals surface area contributed by atoms with Crippen molar-refractivity contribution < 1.29 is 23.5 Å². The molecule has 0 aliphatic carbocycles. The van der Waals surface area contributed by atoms with Crippen LogP contribution in [0.1, 0.15) is 10.5 Å². The van der Waals surface area contributed by atoms with Gasteiger partial charge in [0.2, 0.25) is 0 Å². The molecule has 1 aromatic carbocycles. The molecule has 0 saturated heterocycles. The van der Waals surface area contributed by atoms with Gasteiger partial charge in [-0.15, -0.1) is 0 Å². The molecule has 1 N–H and O–H groups in total. The number of methoxy groups -OCH3 is 3. The fourth-order valence-corrected chi connectivity index (χ4v) is 2.34. The standard InChI is InChI=1S/C18H17N3O5/c1-23-11-6-7-14(24-2)12(9-11)16-10-13(21-26-16)18(22)20-17-15(25-3)5-4-8-19-17/h4-10H,1-3H3,(H,19,20,22). The number of rotatable bonds is 6. The predicted molar refractivity (Wildman–Crippen MR) is 93.8 cm³/mol. The number of carbonyl (C=O) groups excluding carboxylic acids is 1. The molecule has 0 radical (unpaired) electrons. The van der Waals surface area contributed by atoms with Crippen LogP contribution in [0.4, 0.5) is 5.82 Å². The van der Waals surface area contributed by atoms with Gasteiger partial charge in [-0.2, -0.15) is 0 Å². The molecule has 0 spiro atoms. The molecule has 0 unspecified atom stereocenters. The highest BCUT2D eigenvalue weighted by atomic mass is 16.5. The first-order chi connectivity index (χ1) is 12.7. The van der Waals surface area contributed by atoms with Crippen molar-refractivity contribution >= 4 is 11.7 Å². The quantitative estimate of drug-likeness (QED) is 0.726. The number of benzene rings is 1. The maximum Gasteiger partial charge on any atom is 0.279 e. The van der Waals surface area contributed by atoms with Crippen LogP contribution in [0.5, 0.6) is 17.2 Å². The maximum absolute atomic E-state index is 12.4. The van der Waals surface area contributed by atoms with Gasteiger partial charge in [0.1, 0.15) is 11.5 Å². The number of ether oxygens (including phenoxy) is 3. The van der Waals surface area contributed by atoms with Gasteiger partial charge in [-0.05, 0) is 30.3 Å². The summed E-state index contributed by atoms with van der Waals surface area (Å²) in [5.41, 5.74) is 0.714. The smallest absolute Gasteiger partial charge is 0.279 e. The van der Waals surface area contributed by atoms with Crippen molar-refractivity contribution in [3.05, 3.63) is 48.3 Å². The van der Waals surface area contributed by atoms with Gasteiger partial charge in [-0.25, -0.2) is 4.98 Å². The number of hydrogen-bond acceptors (Lipinski definition) is 7. The highest BCUT2D eigenvalue weighted by Gasteiger charge is 2.18. The maximum atomic E-state index is 12.4. The lowest BCUT2D eigenvalue weighted by atomic mass is 10.1. The van der Waals surface area contributed by atoms with Crippen LogP contribution < -0.4 is 19.5 Å². The van der Waals surface area contributed by atoms with Crippen LogP contribution in [0.25, 0.3) is 11.3 Å². The topological polar surface area (TPSA) is 95.7 Å². The highest BCUT2D eigenvalue weighted by Crippen LogP contribution is 2.34. The van der Waals surface area contributed by atoms with Gasteiger partial charge in [0.25, 0.3) is 5.91 Å². The van der Waals surface area contributed by atoms with E-state index in [4.69, 9.17) is 18.7 Å². The predicted octanol–water partition coefficient (Wildman–Crippen LogP) is 3.01. The number of carbonyl (C=O) groups is 1. The van der Waals surface area contributed by atoms with Crippen LogP contribution >= 0.6 is 0 Å². The summed E-state index contributed by atoms with van der Waals surface area (Å²) < 4.78 is 21.0. The third kappa shape index (κ3) is 3.44. The molecule has 0 fully saturated rings. The Morgan fingerprint density at radius 3 is 2.58 bits per heavy atom. The average Bonchev–Trinajstić information content (AvgIpc) is 3.18. The first-order valence-electron chi connectivity index (χ1n) is 7.65. The summed E-state index contributed by atoms with van der Waals surface area (Å²) in [6.45, 7) is 0. The van der Waals surface area contributed by atoms with Crippen LogP contribution in [-0.4, -0.2) is 37.4 Å². The van der Waals surface area contributed by atoms with Crippen molar-refractivity contribution in [3.8, 4) is 28.6 Å². The lowest BCUT2D eigenvalue weighted by Crippen LogP contribution is -2.14. The van der Waals surface area contributed by atoms with Crippen molar-refractivity contribution in [1.29, 1.82) is 0 Å². The van der Waals surface area contributed by atoms with Gasteiger partial charge in [-0.1, -0.05) is 5.16 Å². The highest BCUT2D eigenvalue weighted by molar-refractivity contribution is 6.03. The molecule has 0 saturated carbocycles. The van der Waals surface area contributed by atoms with E-state index in [1.807, 2.05) is 0 Å². The van der Waals surface area contributed by atoms with Crippen molar-refractivity contribution in [2.75, 3.05) is 26.6 Å². The van der Waals surface area contributed by atoms with E-state index < -0.39 is 5.91 Å². The summed E-state index contributed by atoms with van der Waals surface area (Å²) in [4.78, 5) is 16.5. The van der Waals surface area contributed by atoms with Crippen LogP contribution in [0.15, 0.2) is 47.1 Å². The molecule has 3 aromatic rings. The summed E-state index contributed by atoms with van der Waals surface area (Å²) in [6, 6.07) is 10.2. The minimum Gasteiger partial charge on any atom is -0.497 e. The van der Waals surface area contributed by atoms with Crippen LogP contribution in [0.3, 0.4) is 0 Å². The average molecular weight is 355 g/mol. The lowest BCUT2D eigenvalue weighted by molar-refractivity contribution is 0.101. The van der Waals surface area contributed by atoms with Gasteiger partial charge >= 0.3 is 0 Å². The summed E-state index contributed by atoms with van der Waals surface area (Å²) >= 11 is 0. The van der Waals surface area contributed by atoms with Crippen molar-refractivity contribution in [3.63, 3.8) is 0 Å². The van der Waals surface area contributed by atoms with Crippen molar-refractivity contribution in [1.82, 2.24) is 10.1 Å². The van der Waals surface area contributed by atoms with E-state index in [9.17, 15) is 4.79 Å². The summed E-state index contributed by atoms with van der Waals surface area (Å²) in [5.74, 6) is 1.84. The number of amides is 1. The Kier molecular flexibility index (Phi) is 5.02. The first-order valence-corrected chi connectivity index (χ1v) is 7.65.